The standard InChI is InChI=1S/C15H21NO5/c1-4-11(15(18)19)14(17)16-9-10(2)21-13-8-6-5-7-12(13)20-3/h5-8,10-11H,4,9H2,1-3H3,(H,16,17)(H,18,19)/t10-,11-/m0/s1. The molecule has 2 N–H and O–H groups in total. The van der Waals surface area contributed by atoms with Gasteiger partial charge in [0.05, 0.1) is 13.7 Å². The molecule has 6 nitrogen and oxygen atoms in total. The molecule has 2 atom stereocenters. The number of para-hydroxylation sites is 2. The first-order valence-electron chi connectivity index (χ1n) is 6.79. The fourth-order valence-corrected chi connectivity index (χ4v) is 1.81. The maximum absolute atomic E-state index is 11.7. The minimum absolute atomic E-state index is 0.223. The van der Waals surface area contributed by atoms with E-state index in [0.29, 0.717) is 11.5 Å². The number of carboxylic acids is 1. The van der Waals surface area contributed by atoms with E-state index in [9.17, 15) is 9.59 Å². The lowest BCUT2D eigenvalue weighted by Gasteiger charge is -2.18. The molecule has 21 heavy (non-hydrogen) atoms. The number of hydrogen-bond donors (Lipinski definition) is 2. The zero-order chi connectivity index (χ0) is 15.8. The van der Waals surface area contributed by atoms with Crippen LogP contribution < -0.4 is 14.8 Å². The van der Waals surface area contributed by atoms with Crippen LogP contribution in [-0.4, -0.2) is 36.7 Å². The Morgan fingerprint density at radius 3 is 2.43 bits per heavy atom. The van der Waals surface area contributed by atoms with E-state index in [4.69, 9.17) is 14.6 Å². The van der Waals surface area contributed by atoms with Gasteiger partial charge in [-0.1, -0.05) is 19.1 Å². The van der Waals surface area contributed by atoms with Crippen LogP contribution in [-0.2, 0) is 9.59 Å². The van der Waals surface area contributed by atoms with Gasteiger partial charge in [0.15, 0.2) is 11.5 Å². The molecular weight excluding hydrogens is 274 g/mol. The summed E-state index contributed by atoms with van der Waals surface area (Å²) in [5.41, 5.74) is 0. The molecule has 0 heterocycles. The van der Waals surface area contributed by atoms with Crippen LogP contribution in [0, 0.1) is 5.92 Å². The van der Waals surface area contributed by atoms with Crippen LogP contribution in [0.3, 0.4) is 0 Å². The number of ether oxygens (including phenoxy) is 2. The summed E-state index contributed by atoms with van der Waals surface area (Å²) in [6.07, 6.45) is -0.0559. The van der Waals surface area contributed by atoms with Gasteiger partial charge in [-0.25, -0.2) is 0 Å². The van der Waals surface area contributed by atoms with E-state index in [2.05, 4.69) is 5.32 Å². The topological polar surface area (TPSA) is 84.9 Å². The third-order valence-corrected chi connectivity index (χ3v) is 2.98. The highest BCUT2D eigenvalue weighted by molar-refractivity contribution is 5.96. The molecule has 6 heteroatoms. The van der Waals surface area contributed by atoms with Crippen molar-refractivity contribution in [3.8, 4) is 11.5 Å². The van der Waals surface area contributed by atoms with Gasteiger partial charge in [-0.3, -0.25) is 9.59 Å². The highest BCUT2D eigenvalue weighted by Gasteiger charge is 2.24. The lowest BCUT2D eigenvalue weighted by molar-refractivity contribution is -0.147. The molecule has 0 fully saturated rings. The number of carbonyl (C=O) groups is 2. The van der Waals surface area contributed by atoms with E-state index in [0.717, 1.165) is 0 Å². The van der Waals surface area contributed by atoms with Gasteiger partial charge < -0.3 is 19.9 Å². The van der Waals surface area contributed by atoms with Crippen molar-refractivity contribution in [2.75, 3.05) is 13.7 Å². The van der Waals surface area contributed by atoms with Crippen molar-refractivity contribution in [2.45, 2.75) is 26.4 Å². The first kappa shape index (κ1) is 16.8. The summed E-state index contributed by atoms with van der Waals surface area (Å²) in [6, 6.07) is 7.19. The van der Waals surface area contributed by atoms with Gasteiger partial charge in [-0.2, -0.15) is 0 Å². The molecule has 1 amide bonds. The molecule has 0 aliphatic rings. The smallest absolute Gasteiger partial charge is 0.316 e. The second-order valence-electron chi connectivity index (χ2n) is 4.62. The highest BCUT2D eigenvalue weighted by Crippen LogP contribution is 2.26. The van der Waals surface area contributed by atoms with E-state index in [1.807, 2.05) is 12.1 Å². The van der Waals surface area contributed by atoms with Gasteiger partial charge >= 0.3 is 5.97 Å². The Morgan fingerprint density at radius 2 is 1.90 bits per heavy atom. The second kappa shape index (κ2) is 8.14. The zero-order valence-electron chi connectivity index (χ0n) is 12.5. The molecule has 1 aromatic carbocycles. The first-order valence-corrected chi connectivity index (χ1v) is 6.79. The molecule has 0 spiro atoms. The molecule has 116 valence electrons. The fraction of sp³-hybridized carbons (Fsp3) is 0.467. The van der Waals surface area contributed by atoms with Gasteiger partial charge in [0, 0.05) is 0 Å². The minimum Gasteiger partial charge on any atom is -0.493 e. The van der Waals surface area contributed by atoms with Crippen molar-refractivity contribution in [3.63, 3.8) is 0 Å². The molecule has 1 aromatic rings. The Labute approximate surface area is 124 Å². The van der Waals surface area contributed by atoms with Crippen molar-refractivity contribution in [3.05, 3.63) is 24.3 Å². The van der Waals surface area contributed by atoms with Crippen molar-refractivity contribution >= 4 is 11.9 Å². The lowest BCUT2D eigenvalue weighted by atomic mass is 10.1. The first-order chi connectivity index (χ1) is 9.99. The number of carbonyl (C=O) groups excluding carboxylic acids is 1. The number of carboxylic acid groups (broad SMARTS) is 1. The number of amides is 1. The third kappa shape index (κ3) is 4.98. The number of benzene rings is 1. The maximum atomic E-state index is 11.7. The highest BCUT2D eigenvalue weighted by atomic mass is 16.5. The van der Waals surface area contributed by atoms with Crippen LogP contribution >= 0.6 is 0 Å². The Hall–Kier alpha value is -2.24. The number of rotatable bonds is 8. The Morgan fingerprint density at radius 1 is 1.29 bits per heavy atom. The normalized spacial score (nSPS) is 13.1. The molecule has 0 aromatic heterocycles. The number of hydrogen-bond acceptors (Lipinski definition) is 4. The quantitative estimate of drug-likeness (QED) is 0.713. The summed E-state index contributed by atoms with van der Waals surface area (Å²) in [7, 11) is 1.55. The van der Waals surface area contributed by atoms with Gasteiger partial charge in [0.1, 0.15) is 12.0 Å². The molecular formula is C15H21NO5. The molecule has 1 rings (SSSR count). The molecule has 0 aliphatic heterocycles. The van der Waals surface area contributed by atoms with Crippen molar-refractivity contribution in [2.24, 2.45) is 5.92 Å². The predicted molar refractivity (Wildman–Crippen MR) is 77.5 cm³/mol. The maximum Gasteiger partial charge on any atom is 0.316 e. The van der Waals surface area contributed by atoms with E-state index in [-0.39, 0.29) is 19.1 Å². The minimum atomic E-state index is -1.12. The van der Waals surface area contributed by atoms with Crippen molar-refractivity contribution < 1.29 is 24.2 Å². The molecule has 0 bridgehead atoms. The van der Waals surface area contributed by atoms with E-state index >= 15 is 0 Å². The van der Waals surface area contributed by atoms with Crippen LogP contribution in [0.4, 0.5) is 0 Å². The predicted octanol–water partition coefficient (Wildman–Crippen LogP) is 1.69. The van der Waals surface area contributed by atoms with Gasteiger partial charge in [-0.15, -0.1) is 0 Å². The largest absolute Gasteiger partial charge is 0.493 e. The molecule has 0 saturated heterocycles. The molecule has 0 saturated carbocycles. The fourth-order valence-electron chi connectivity index (χ4n) is 1.81. The van der Waals surface area contributed by atoms with Crippen LogP contribution in [0.2, 0.25) is 0 Å². The molecule has 0 aliphatic carbocycles. The Balaban J connectivity index is 2.52. The summed E-state index contributed by atoms with van der Waals surface area (Å²) >= 11 is 0. The van der Waals surface area contributed by atoms with E-state index < -0.39 is 17.8 Å². The number of methoxy groups -OCH3 is 1. The van der Waals surface area contributed by atoms with Gasteiger partial charge in [-0.05, 0) is 25.5 Å². The zero-order valence-corrected chi connectivity index (χ0v) is 12.5. The van der Waals surface area contributed by atoms with Crippen LogP contribution in [0.5, 0.6) is 11.5 Å². The van der Waals surface area contributed by atoms with Gasteiger partial charge in [0.25, 0.3) is 0 Å². The third-order valence-electron chi connectivity index (χ3n) is 2.98. The Kier molecular flexibility index (Phi) is 6.52. The summed E-state index contributed by atoms with van der Waals surface area (Å²) in [5.74, 6) is -1.46. The van der Waals surface area contributed by atoms with Crippen LogP contribution in [0.25, 0.3) is 0 Å². The SMILES string of the molecule is CC[C@H](C(=O)O)C(=O)NC[C@H](C)Oc1ccccc1OC. The molecule has 0 radical (unpaired) electrons. The Bertz CT molecular complexity index is 489. The van der Waals surface area contributed by atoms with E-state index in [1.165, 1.54) is 0 Å². The van der Waals surface area contributed by atoms with Crippen molar-refractivity contribution in [1.29, 1.82) is 0 Å². The summed E-state index contributed by atoms with van der Waals surface area (Å²) < 4.78 is 10.8. The van der Waals surface area contributed by atoms with Crippen LogP contribution in [0.1, 0.15) is 20.3 Å². The average molecular weight is 295 g/mol. The lowest BCUT2D eigenvalue weighted by Crippen LogP contribution is -2.39. The average Bonchev–Trinajstić information content (AvgIpc) is 2.46. The summed E-state index contributed by atoms with van der Waals surface area (Å²) in [5, 5.41) is 11.5. The van der Waals surface area contributed by atoms with Gasteiger partial charge in [0.2, 0.25) is 5.91 Å². The number of aliphatic carboxylic acids is 1. The van der Waals surface area contributed by atoms with E-state index in [1.54, 1.807) is 33.1 Å². The van der Waals surface area contributed by atoms with Crippen LogP contribution in [0.15, 0.2) is 24.3 Å². The summed E-state index contributed by atoms with van der Waals surface area (Å²) in [6.45, 7) is 3.67. The molecule has 0 unspecified atom stereocenters. The van der Waals surface area contributed by atoms with Crippen molar-refractivity contribution in [1.82, 2.24) is 5.32 Å². The summed E-state index contributed by atoms with van der Waals surface area (Å²) in [4.78, 5) is 22.6. The number of nitrogens with one attached hydrogen (secondary N) is 1. The second-order valence-corrected chi connectivity index (χ2v) is 4.62. The monoisotopic (exact) mass is 295 g/mol.